The number of piperidine rings is 1. The molecule has 2 aliphatic rings. The van der Waals surface area contributed by atoms with Crippen LogP contribution in [-0.2, 0) is 6.54 Å². The second kappa shape index (κ2) is 6.48. The van der Waals surface area contributed by atoms with Crippen LogP contribution in [0.3, 0.4) is 0 Å². The standard InChI is InChI=1S/C17H25N3O/c1-2-20(16-10-14-8-9-15(11-16)19-14)17(21)18-12-13-6-4-3-5-7-13/h3-7,14-16,19H,2,8-12H2,1H3,(H,18,21). The summed E-state index contributed by atoms with van der Waals surface area (Å²) in [5, 5.41) is 6.70. The highest BCUT2D eigenvalue weighted by atomic mass is 16.2. The van der Waals surface area contributed by atoms with Gasteiger partial charge in [-0.15, -0.1) is 0 Å². The number of nitrogens with one attached hydrogen (secondary N) is 2. The van der Waals surface area contributed by atoms with Gasteiger partial charge < -0.3 is 15.5 Å². The Balaban J connectivity index is 1.56. The van der Waals surface area contributed by atoms with Gasteiger partial charge in [0, 0.05) is 31.2 Å². The van der Waals surface area contributed by atoms with Gasteiger partial charge in [0.25, 0.3) is 0 Å². The molecule has 2 atom stereocenters. The van der Waals surface area contributed by atoms with Crippen molar-refractivity contribution in [3.8, 4) is 0 Å². The van der Waals surface area contributed by atoms with Gasteiger partial charge in [0.05, 0.1) is 0 Å². The molecule has 4 nitrogen and oxygen atoms in total. The molecule has 114 valence electrons. The van der Waals surface area contributed by atoms with E-state index < -0.39 is 0 Å². The molecule has 0 saturated carbocycles. The van der Waals surface area contributed by atoms with Crippen LogP contribution in [-0.4, -0.2) is 35.6 Å². The molecule has 1 aromatic carbocycles. The van der Waals surface area contributed by atoms with Gasteiger partial charge in [-0.25, -0.2) is 4.79 Å². The van der Waals surface area contributed by atoms with E-state index in [9.17, 15) is 4.79 Å². The van der Waals surface area contributed by atoms with E-state index in [1.165, 1.54) is 12.8 Å². The normalized spacial score (nSPS) is 27.4. The third-order valence-corrected chi connectivity index (χ3v) is 4.78. The number of fused-ring (bicyclic) bond motifs is 2. The molecule has 0 spiro atoms. The Labute approximate surface area is 126 Å². The number of benzene rings is 1. The highest BCUT2D eigenvalue weighted by molar-refractivity contribution is 5.74. The largest absolute Gasteiger partial charge is 0.334 e. The Morgan fingerprint density at radius 2 is 1.90 bits per heavy atom. The van der Waals surface area contributed by atoms with Crippen LogP contribution in [0, 0.1) is 0 Å². The highest BCUT2D eigenvalue weighted by Crippen LogP contribution is 2.29. The lowest BCUT2D eigenvalue weighted by Gasteiger charge is -2.37. The molecule has 2 heterocycles. The molecule has 0 aliphatic carbocycles. The monoisotopic (exact) mass is 287 g/mol. The summed E-state index contributed by atoms with van der Waals surface area (Å²) in [4.78, 5) is 14.5. The van der Waals surface area contributed by atoms with Gasteiger partial charge >= 0.3 is 6.03 Å². The van der Waals surface area contributed by atoms with Crippen molar-refractivity contribution in [2.24, 2.45) is 0 Å². The maximum atomic E-state index is 12.5. The van der Waals surface area contributed by atoms with E-state index in [1.807, 2.05) is 35.2 Å². The first-order valence-electron chi connectivity index (χ1n) is 8.10. The summed E-state index contributed by atoms with van der Waals surface area (Å²) in [7, 11) is 0. The van der Waals surface area contributed by atoms with Gasteiger partial charge in [-0.3, -0.25) is 0 Å². The maximum Gasteiger partial charge on any atom is 0.317 e. The van der Waals surface area contributed by atoms with Gasteiger partial charge in [0.1, 0.15) is 0 Å². The van der Waals surface area contributed by atoms with E-state index in [2.05, 4.69) is 17.6 Å². The lowest BCUT2D eigenvalue weighted by Crippen LogP contribution is -2.52. The Morgan fingerprint density at radius 1 is 1.24 bits per heavy atom. The minimum atomic E-state index is 0.0765. The number of hydrogen-bond donors (Lipinski definition) is 2. The van der Waals surface area contributed by atoms with Crippen molar-refractivity contribution in [2.75, 3.05) is 6.54 Å². The van der Waals surface area contributed by atoms with E-state index >= 15 is 0 Å². The fraction of sp³-hybridized carbons (Fsp3) is 0.588. The van der Waals surface area contributed by atoms with Crippen molar-refractivity contribution in [1.82, 2.24) is 15.5 Å². The number of carbonyl (C=O) groups is 1. The molecule has 2 amide bonds. The fourth-order valence-corrected chi connectivity index (χ4v) is 3.72. The second-order valence-corrected chi connectivity index (χ2v) is 6.19. The topological polar surface area (TPSA) is 44.4 Å². The molecule has 2 fully saturated rings. The molecule has 2 saturated heterocycles. The number of hydrogen-bond acceptors (Lipinski definition) is 2. The quantitative estimate of drug-likeness (QED) is 0.893. The molecule has 0 radical (unpaired) electrons. The molecular formula is C17H25N3O. The average molecular weight is 287 g/mol. The number of rotatable bonds is 4. The van der Waals surface area contributed by atoms with Crippen molar-refractivity contribution in [2.45, 2.75) is 57.3 Å². The third kappa shape index (κ3) is 3.38. The van der Waals surface area contributed by atoms with Crippen LogP contribution >= 0.6 is 0 Å². The van der Waals surface area contributed by atoms with E-state index in [0.29, 0.717) is 24.7 Å². The van der Waals surface area contributed by atoms with Crippen LogP contribution in [0.5, 0.6) is 0 Å². The molecule has 2 unspecified atom stereocenters. The molecule has 0 aromatic heterocycles. The van der Waals surface area contributed by atoms with Crippen molar-refractivity contribution < 1.29 is 4.79 Å². The summed E-state index contributed by atoms with van der Waals surface area (Å²) in [5.41, 5.74) is 1.15. The van der Waals surface area contributed by atoms with Crippen LogP contribution < -0.4 is 10.6 Å². The van der Waals surface area contributed by atoms with E-state index in [1.54, 1.807) is 0 Å². The van der Waals surface area contributed by atoms with E-state index in [-0.39, 0.29) is 6.03 Å². The van der Waals surface area contributed by atoms with E-state index in [4.69, 9.17) is 0 Å². The SMILES string of the molecule is CCN(C(=O)NCc1ccccc1)C1CC2CCC(C1)N2. The average Bonchev–Trinajstić information content (AvgIpc) is 2.85. The Bertz CT molecular complexity index is 464. The fourth-order valence-electron chi connectivity index (χ4n) is 3.72. The number of urea groups is 1. The summed E-state index contributed by atoms with van der Waals surface area (Å²) in [5.74, 6) is 0. The zero-order valence-corrected chi connectivity index (χ0v) is 12.7. The lowest BCUT2D eigenvalue weighted by molar-refractivity contribution is 0.150. The summed E-state index contributed by atoms with van der Waals surface area (Å²) in [6.45, 7) is 3.46. The van der Waals surface area contributed by atoms with Crippen molar-refractivity contribution in [3.05, 3.63) is 35.9 Å². The Kier molecular flexibility index (Phi) is 4.44. The van der Waals surface area contributed by atoms with Gasteiger partial charge in [-0.2, -0.15) is 0 Å². The van der Waals surface area contributed by atoms with Crippen molar-refractivity contribution in [1.29, 1.82) is 0 Å². The zero-order chi connectivity index (χ0) is 14.7. The molecular weight excluding hydrogens is 262 g/mol. The minimum absolute atomic E-state index is 0.0765. The number of amides is 2. The summed E-state index contributed by atoms with van der Waals surface area (Å²) in [6.07, 6.45) is 4.74. The summed E-state index contributed by atoms with van der Waals surface area (Å²) in [6, 6.07) is 11.8. The molecule has 4 heteroatoms. The first-order chi connectivity index (χ1) is 10.3. The molecule has 1 aromatic rings. The van der Waals surface area contributed by atoms with Crippen LogP contribution in [0.1, 0.15) is 38.2 Å². The lowest BCUT2D eigenvalue weighted by atomic mass is 9.98. The molecule has 2 bridgehead atoms. The van der Waals surface area contributed by atoms with Gasteiger partial charge in [-0.1, -0.05) is 30.3 Å². The first kappa shape index (κ1) is 14.4. The summed E-state index contributed by atoms with van der Waals surface area (Å²) >= 11 is 0. The molecule has 2 N–H and O–H groups in total. The second-order valence-electron chi connectivity index (χ2n) is 6.19. The van der Waals surface area contributed by atoms with Crippen molar-refractivity contribution in [3.63, 3.8) is 0 Å². The van der Waals surface area contributed by atoms with Crippen LogP contribution in [0.2, 0.25) is 0 Å². The first-order valence-corrected chi connectivity index (χ1v) is 8.10. The van der Waals surface area contributed by atoms with E-state index in [0.717, 1.165) is 24.9 Å². The maximum absolute atomic E-state index is 12.5. The predicted molar refractivity (Wildman–Crippen MR) is 84.0 cm³/mol. The smallest absolute Gasteiger partial charge is 0.317 e. The van der Waals surface area contributed by atoms with Gasteiger partial charge in [0.15, 0.2) is 0 Å². The number of carbonyl (C=O) groups excluding carboxylic acids is 1. The summed E-state index contributed by atoms with van der Waals surface area (Å²) < 4.78 is 0. The highest BCUT2D eigenvalue weighted by Gasteiger charge is 2.37. The molecule has 21 heavy (non-hydrogen) atoms. The van der Waals surface area contributed by atoms with Crippen LogP contribution in [0.4, 0.5) is 4.79 Å². The van der Waals surface area contributed by atoms with Gasteiger partial charge in [0.2, 0.25) is 0 Å². The third-order valence-electron chi connectivity index (χ3n) is 4.78. The predicted octanol–water partition coefficient (Wildman–Crippen LogP) is 2.50. The van der Waals surface area contributed by atoms with Crippen molar-refractivity contribution >= 4 is 6.03 Å². The molecule has 3 rings (SSSR count). The van der Waals surface area contributed by atoms with Crippen LogP contribution in [0.15, 0.2) is 30.3 Å². The van der Waals surface area contributed by atoms with Gasteiger partial charge in [-0.05, 0) is 38.2 Å². The van der Waals surface area contributed by atoms with Crippen LogP contribution in [0.25, 0.3) is 0 Å². The Hall–Kier alpha value is -1.55. The Morgan fingerprint density at radius 3 is 2.52 bits per heavy atom. The minimum Gasteiger partial charge on any atom is -0.334 e. The number of nitrogens with zero attached hydrogens (tertiary/aromatic N) is 1. The molecule has 2 aliphatic heterocycles. The zero-order valence-electron chi connectivity index (χ0n) is 12.7.